The summed E-state index contributed by atoms with van der Waals surface area (Å²) in [5, 5.41) is 4.47. The average Bonchev–Trinajstić information content (AvgIpc) is 3.36. The predicted octanol–water partition coefficient (Wildman–Crippen LogP) is 3.32. The lowest BCUT2D eigenvalue weighted by molar-refractivity contribution is 0.0721. The van der Waals surface area contributed by atoms with Gasteiger partial charge in [-0.15, -0.1) is 0 Å². The van der Waals surface area contributed by atoms with Crippen LogP contribution in [0.2, 0.25) is 0 Å². The van der Waals surface area contributed by atoms with Crippen molar-refractivity contribution in [1.29, 1.82) is 0 Å². The SMILES string of the molecule is Cc1cc(C)n2nc(C(=O)N3CCc4oc(CCc5ccccc5)nc4C3)cc2n1. The number of carbonyl (C=O) groups is 1. The molecule has 4 aromatic rings. The molecule has 0 aliphatic carbocycles. The highest BCUT2D eigenvalue weighted by atomic mass is 16.4. The monoisotopic (exact) mass is 401 g/mol. The standard InChI is InChI=1S/C23H23N5O2/c1-15-12-16(2)28-21(24-15)13-18(26-28)23(29)27-11-10-20-19(14-27)25-22(30-20)9-8-17-6-4-3-5-7-17/h3-7,12-13H,8-11,14H2,1-2H3. The van der Waals surface area contributed by atoms with Crippen molar-refractivity contribution < 1.29 is 9.21 Å². The number of oxazole rings is 1. The summed E-state index contributed by atoms with van der Waals surface area (Å²) < 4.78 is 7.68. The lowest BCUT2D eigenvalue weighted by Crippen LogP contribution is -2.36. The van der Waals surface area contributed by atoms with Gasteiger partial charge in [0.1, 0.15) is 11.5 Å². The Morgan fingerprint density at radius 1 is 1.10 bits per heavy atom. The van der Waals surface area contributed by atoms with Crippen molar-refractivity contribution in [2.75, 3.05) is 6.54 Å². The van der Waals surface area contributed by atoms with E-state index in [2.05, 4.69) is 27.2 Å². The molecule has 0 atom stereocenters. The molecular formula is C23H23N5O2. The van der Waals surface area contributed by atoms with E-state index < -0.39 is 0 Å². The second-order valence-corrected chi connectivity index (χ2v) is 7.78. The molecule has 0 N–H and O–H groups in total. The molecule has 0 bridgehead atoms. The van der Waals surface area contributed by atoms with Gasteiger partial charge in [0.05, 0.1) is 6.54 Å². The Balaban J connectivity index is 1.31. The molecule has 30 heavy (non-hydrogen) atoms. The molecule has 0 spiro atoms. The zero-order chi connectivity index (χ0) is 20.7. The van der Waals surface area contributed by atoms with Gasteiger partial charge < -0.3 is 9.32 Å². The molecule has 0 saturated carbocycles. The fourth-order valence-electron chi connectivity index (χ4n) is 3.98. The van der Waals surface area contributed by atoms with E-state index in [-0.39, 0.29) is 5.91 Å². The van der Waals surface area contributed by atoms with E-state index in [1.54, 1.807) is 15.5 Å². The van der Waals surface area contributed by atoms with Crippen LogP contribution in [-0.2, 0) is 25.8 Å². The highest BCUT2D eigenvalue weighted by Gasteiger charge is 2.27. The van der Waals surface area contributed by atoms with E-state index in [0.717, 1.165) is 41.6 Å². The van der Waals surface area contributed by atoms with E-state index in [1.807, 2.05) is 38.1 Å². The van der Waals surface area contributed by atoms with E-state index in [9.17, 15) is 4.79 Å². The van der Waals surface area contributed by atoms with Crippen LogP contribution in [0.15, 0.2) is 46.9 Å². The van der Waals surface area contributed by atoms with Crippen LogP contribution in [0, 0.1) is 13.8 Å². The number of rotatable bonds is 4. The molecule has 152 valence electrons. The number of carbonyl (C=O) groups excluding carboxylic acids is 1. The number of hydrogen-bond acceptors (Lipinski definition) is 5. The zero-order valence-corrected chi connectivity index (χ0v) is 17.1. The molecule has 0 unspecified atom stereocenters. The lowest BCUT2D eigenvalue weighted by Gasteiger charge is -2.24. The smallest absolute Gasteiger partial charge is 0.274 e. The summed E-state index contributed by atoms with van der Waals surface area (Å²) in [7, 11) is 0. The van der Waals surface area contributed by atoms with Crippen LogP contribution in [0.25, 0.3) is 5.65 Å². The van der Waals surface area contributed by atoms with Gasteiger partial charge >= 0.3 is 0 Å². The summed E-state index contributed by atoms with van der Waals surface area (Å²) in [5.74, 6) is 1.53. The number of amides is 1. The summed E-state index contributed by atoms with van der Waals surface area (Å²) >= 11 is 0. The normalized spacial score (nSPS) is 13.6. The van der Waals surface area contributed by atoms with Crippen molar-refractivity contribution in [2.45, 2.75) is 39.7 Å². The number of nitrogens with zero attached hydrogens (tertiary/aromatic N) is 5. The Labute approximate surface area is 174 Å². The van der Waals surface area contributed by atoms with Crippen LogP contribution in [0.1, 0.15) is 44.8 Å². The van der Waals surface area contributed by atoms with E-state index >= 15 is 0 Å². The lowest BCUT2D eigenvalue weighted by atomic mass is 10.1. The van der Waals surface area contributed by atoms with Crippen molar-refractivity contribution in [3.8, 4) is 0 Å². The van der Waals surface area contributed by atoms with Crippen molar-refractivity contribution in [2.24, 2.45) is 0 Å². The minimum atomic E-state index is -0.1000. The highest BCUT2D eigenvalue weighted by molar-refractivity contribution is 5.93. The third-order valence-electron chi connectivity index (χ3n) is 5.48. The van der Waals surface area contributed by atoms with Crippen LogP contribution < -0.4 is 0 Å². The van der Waals surface area contributed by atoms with Gasteiger partial charge in [-0.25, -0.2) is 14.5 Å². The van der Waals surface area contributed by atoms with Crippen LogP contribution in [-0.4, -0.2) is 36.9 Å². The molecule has 1 amide bonds. The van der Waals surface area contributed by atoms with Crippen molar-refractivity contribution in [1.82, 2.24) is 24.5 Å². The van der Waals surface area contributed by atoms with Crippen molar-refractivity contribution in [3.63, 3.8) is 0 Å². The molecule has 0 saturated heterocycles. The van der Waals surface area contributed by atoms with Crippen LogP contribution in [0.4, 0.5) is 0 Å². The number of aryl methyl sites for hydroxylation is 4. The largest absolute Gasteiger partial charge is 0.445 e. The van der Waals surface area contributed by atoms with Gasteiger partial charge in [0.15, 0.2) is 17.2 Å². The maximum Gasteiger partial charge on any atom is 0.274 e. The highest BCUT2D eigenvalue weighted by Crippen LogP contribution is 2.22. The number of benzene rings is 1. The number of aromatic nitrogens is 4. The van der Waals surface area contributed by atoms with Gasteiger partial charge in [0.2, 0.25) is 0 Å². The van der Waals surface area contributed by atoms with Gasteiger partial charge in [0, 0.05) is 36.8 Å². The van der Waals surface area contributed by atoms with Gasteiger partial charge in [-0.2, -0.15) is 5.10 Å². The summed E-state index contributed by atoms with van der Waals surface area (Å²) in [5.41, 5.74) is 5.08. The fraction of sp³-hybridized carbons (Fsp3) is 0.304. The molecule has 0 radical (unpaired) electrons. The third-order valence-corrected chi connectivity index (χ3v) is 5.48. The Morgan fingerprint density at radius 3 is 2.77 bits per heavy atom. The van der Waals surface area contributed by atoms with Gasteiger partial charge in [0.25, 0.3) is 5.91 Å². The Morgan fingerprint density at radius 2 is 1.93 bits per heavy atom. The molecule has 7 nitrogen and oxygen atoms in total. The summed E-state index contributed by atoms with van der Waals surface area (Å²) in [6, 6.07) is 14.0. The Kier molecular flexibility index (Phi) is 4.58. The summed E-state index contributed by atoms with van der Waals surface area (Å²) in [6.07, 6.45) is 2.31. The second kappa shape index (κ2) is 7.40. The first-order valence-electron chi connectivity index (χ1n) is 10.2. The molecule has 1 aliphatic heterocycles. The molecule has 5 rings (SSSR count). The third kappa shape index (κ3) is 3.47. The second-order valence-electron chi connectivity index (χ2n) is 7.78. The van der Waals surface area contributed by atoms with Crippen LogP contribution in [0.3, 0.4) is 0 Å². The van der Waals surface area contributed by atoms with Crippen LogP contribution in [0.5, 0.6) is 0 Å². The summed E-state index contributed by atoms with van der Waals surface area (Å²) in [6.45, 7) is 4.94. The Hall–Kier alpha value is -3.48. The molecule has 0 fully saturated rings. The molecule has 4 heterocycles. The zero-order valence-electron chi connectivity index (χ0n) is 17.1. The number of hydrogen-bond donors (Lipinski definition) is 0. The first-order chi connectivity index (χ1) is 14.6. The first kappa shape index (κ1) is 18.5. The van der Waals surface area contributed by atoms with E-state index in [1.165, 1.54) is 5.56 Å². The fourth-order valence-corrected chi connectivity index (χ4v) is 3.98. The van der Waals surface area contributed by atoms with Gasteiger partial charge in [-0.1, -0.05) is 30.3 Å². The topological polar surface area (TPSA) is 76.5 Å². The van der Waals surface area contributed by atoms with E-state index in [4.69, 9.17) is 4.42 Å². The predicted molar refractivity (Wildman–Crippen MR) is 111 cm³/mol. The molecule has 1 aliphatic rings. The van der Waals surface area contributed by atoms with Crippen LogP contribution >= 0.6 is 0 Å². The van der Waals surface area contributed by atoms with E-state index in [0.29, 0.717) is 30.9 Å². The average molecular weight is 401 g/mol. The summed E-state index contributed by atoms with van der Waals surface area (Å²) in [4.78, 5) is 24.0. The van der Waals surface area contributed by atoms with Gasteiger partial charge in [-0.05, 0) is 31.9 Å². The first-order valence-corrected chi connectivity index (χ1v) is 10.2. The van der Waals surface area contributed by atoms with Gasteiger partial charge in [-0.3, -0.25) is 4.79 Å². The van der Waals surface area contributed by atoms with Crippen molar-refractivity contribution >= 4 is 11.6 Å². The minimum absolute atomic E-state index is 0.1000. The Bertz CT molecular complexity index is 1230. The molecule has 1 aromatic carbocycles. The molecular weight excluding hydrogens is 378 g/mol. The molecule has 7 heteroatoms. The quantitative estimate of drug-likeness (QED) is 0.524. The van der Waals surface area contributed by atoms with Crippen molar-refractivity contribution in [3.05, 3.63) is 82.5 Å². The minimum Gasteiger partial charge on any atom is -0.445 e. The molecule has 3 aromatic heterocycles. The number of fused-ring (bicyclic) bond motifs is 2. The maximum atomic E-state index is 13.1. The maximum absolute atomic E-state index is 13.1.